The van der Waals surface area contributed by atoms with Crippen molar-refractivity contribution in [2.75, 3.05) is 0 Å². The summed E-state index contributed by atoms with van der Waals surface area (Å²) in [5, 5.41) is 0. The topological polar surface area (TPSA) is 0 Å². The summed E-state index contributed by atoms with van der Waals surface area (Å²) in [6.45, 7) is 8.40. The van der Waals surface area contributed by atoms with Crippen LogP contribution in [0.4, 0.5) is 0 Å². The molecule has 2 aliphatic carbocycles. The molecule has 1 aromatic carbocycles. The molecule has 158 valence electrons. The van der Waals surface area contributed by atoms with Crippen molar-refractivity contribution in [3.05, 3.63) is 138 Å². The summed E-state index contributed by atoms with van der Waals surface area (Å²) in [7, 11) is 0. The molecule has 0 heterocycles. The molecule has 0 nitrogen and oxygen atoms in total. The Kier molecular flexibility index (Phi) is 8.67. The van der Waals surface area contributed by atoms with Gasteiger partial charge in [-0.25, -0.2) is 0 Å². The zero-order valence-corrected chi connectivity index (χ0v) is 18.9. The minimum absolute atomic E-state index is 0.307. The van der Waals surface area contributed by atoms with Gasteiger partial charge in [0.15, 0.2) is 0 Å². The van der Waals surface area contributed by atoms with Crippen LogP contribution in [-0.4, -0.2) is 0 Å². The second kappa shape index (κ2) is 11.9. The van der Waals surface area contributed by atoms with Gasteiger partial charge in [0, 0.05) is 5.92 Å². The zero-order valence-electron chi connectivity index (χ0n) is 18.9. The maximum atomic E-state index is 4.05. The summed E-state index contributed by atoms with van der Waals surface area (Å²) in [6, 6.07) is 8.97. The summed E-state index contributed by atoms with van der Waals surface area (Å²) < 4.78 is 0. The van der Waals surface area contributed by atoms with Crippen LogP contribution in [0.1, 0.15) is 56.6 Å². The monoisotopic (exact) mass is 406 g/mol. The second-order valence-corrected chi connectivity index (χ2v) is 8.06. The fraction of sp³-hybridized carbons (Fsp3) is 0.226. The molecule has 0 saturated carbocycles. The maximum absolute atomic E-state index is 4.05. The molecule has 31 heavy (non-hydrogen) atoms. The van der Waals surface area contributed by atoms with E-state index in [0.717, 1.165) is 12.8 Å². The minimum atomic E-state index is 0.307. The summed E-state index contributed by atoms with van der Waals surface area (Å²) in [5.74, 6) is 0.307. The molecule has 2 aliphatic rings. The van der Waals surface area contributed by atoms with E-state index in [4.69, 9.17) is 0 Å². The predicted octanol–water partition coefficient (Wildman–Crippen LogP) is 8.97. The van der Waals surface area contributed by atoms with Gasteiger partial charge in [-0.15, -0.1) is 0 Å². The van der Waals surface area contributed by atoms with Crippen LogP contribution >= 0.6 is 0 Å². The third-order valence-electron chi connectivity index (χ3n) is 5.91. The van der Waals surface area contributed by atoms with Crippen LogP contribution in [0.2, 0.25) is 0 Å². The first-order chi connectivity index (χ1) is 15.2. The Morgan fingerprint density at radius 3 is 2.55 bits per heavy atom. The van der Waals surface area contributed by atoms with Crippen LogP contribution in [0.5, 0.6) is 0 Å². The Balaban J connectivity index is 1.67. The van der Waals surface area contributed by atoms with E-state index in [1.165, 1.54) is 46.3 Å². The molecule has 1 unspecified atom stereocenters. The highest BCUT2D eigenvalue weighted by Crippen LogP contribution is 2.27. The van der Waals surface area contributed by atoms with Gasteiger partial charge < -0.3 is 0 Å². The molecule has 0 aliphatic heterocycles. The Morgan fingerprint density at radius 2 is 1.90 bits per heavy atom. The van der Waals surface area contributed by atoms with Gasteiger partial charge in [0.25, 0.3) is 0 Å². The van der Waals surface area contributed by atoms with Gasteiger partial charge in [-0.3, -0.25) is 0 Å². The second-order valence-electron chi connectivity index (χ2n) is 8.06. The molecule has 0 N–H and O–H groups in total. The molecule has 3 rings (SSSR count). The number of allylic oxidation sites excluding steroid dienone is 17. The van der Waals surface area contributed by atoms with Crippen LogP contribution in [-0.2, 0) is 0 Å². The highest BCUT2D eigenvalue weighted by molar-refractivity contribution is 5.74. The Labute approximate surface area is 188 Å². The van der Waals surface area contributed by atoms with Crippen molar-refractivity contribution in [1.29, 1.82) is 0 Å². The first kappa shape index (κ1) is 22.6. The zero-order chi connectivity index (χ0) is 21.9. The highest BCUT2D eigenvalue weighted by Gasteiger charge is 2.09. The van der Waals surface area contributed by atoms with E-state index in [9.17, 15) is 0 Å². The number of rotatable bonds is 8. The van der Waals surface area contributed by atoms with Crippen molar-refractivity contribution in [1.82, 2.24) is 0 Å². The third kappa shape index (κ3) is 6.69. The van der Waals surface area contributed by atoms with Gasteiger partial charge in [-0.05, 0) is 66.0 Å². The first-order valence-corrected chi connectivity index (χ1v) is 11.4. The summed E-state index contributed by atoms with van der Waals surface area (Å²) >= 11 is 0. The highest BCUT2D eigenvalue weighted by atomic mass is 14.1. The molecule has 0 radical (unpaired) electrons. The van der Waals surface area contributed by atoms with Crippen molar-refractivity contribution >= 4 is 5.57 Å². The van der Waals surface area contributed by atoms with E-state index in [0.29, 0.717) is 5.92 Å². The van der Waals surface area contributed by atoms with Crippen LogP contribution in [0.25, 0.3) is 5.57 Å². The Hall–Kier alpha value is -3.12. The lowest BCUT2D eigenvalue weighted by atomic mass is 9.90. The first-order valence-electron chi connectivity index (χ1n) is 11.4. The Bertz CT molecular complexity index is 995. The predicted molar refractivity (Wildman–Crippen MR) is 138 cm³/mol. The van der Waals surface area contributed by atoms with Crippen LogP contribution in [0.3, 0.4) is 0 Å². The molecule has 0 amide bonds. The fourth-order valence-electron chi connectivity index (χ4n) is 3.90. The fourth-order valence-corrected chi connectivity index (χ4v) is 3.90. The van der Waals surface area contributed by atoms with Crippen molar-refractivity contribution < 1.29 is 0 Å². The van der Waals surface area contributed by atoms with Gasteiger partial charge in [0.05, 0.1) is 0 Å². The van der Waals surface area contributed by atoms with Crippen molar-refractivity contribution in [2.45, 2.75) is 45.4 Å². The normalized spacial score (nSPS) is 19.2. The molecule has 0 heteroatoms. The van der Waals surface area contributed by atoms with Gasteiger partial charge in [0.1, 0.15) is 0 Å². The molecule has 0 aromatic heterocycles. The standard InChI is InChI=1S/C31H34/c1-4-28(20-19-27-15-10-7-11-16-27)25(3)30-21-23-31(24-22-30)29(5-2)18-12-17-26-13-8-6-9-14-26/h4-5,7-8,10-15,18-25H,1,6,9,16-17H2,2-3H3/b18-12-,27-19-,28-20+,29-5+. The molecule has 0 fully saturated rings. The van der Waals surface area contributed by atoms with Crippen molar-refractivity contribution in [2.24, 2.45) is 0 Å². The molecule has 0 bridgehead atoms. The SMILES string of the molecule is C=C/C(=C\C=C1\C=CC=CC1)C(C)c1ccc(C(/C=C\CC2=CCCC=C2)=C/C)cc1. The average Bonchev–Trinajstić information content (AvgIpc) is 2.83. The maximum Gasteiger partial charge on any atom is 0.00607 e. The summed E-state index contributed by atoms with van der Waals surface area (Å²) in [5.41, 5.74) is 7.82. The van der Waals surface area contributed by atoms with Crippen LogP contribution in [0, 0.1) is 0 Å². The van der Waals surface area contributed by atoms with E-state index >= 15 is 0 Å². The van der Waals surface area contributed by atoms with Gasteiger partial charge >= 0.3 is 0 Å². The lowest BCUT2D eigenvalue weighted by Crippen LogP contribution is -1.96. The van der Waals surface area contributed by atoms with Gasteiger partial charge in [-0.1, -0.05) is 117 Å². The third-order valence-corrected chi connectivity index (χ3v) is 5.91. The quantitative estimate of drug-likeness (QED) is 0.378. The van der Waals surface area contributed by atoms with E-state index in [1.54, 1.807) is 0 Å². The van der Waals surface area contributed by atoms with Crippen molar-refractivity contribution in [3.63, 3.8) is 0 Å². The van der Waals surface area contributed by atoms with Crippen LogP contribution < -0.4 is 0 Å². The lowest BCUT2D eigenvalue weighted by Gasteiger charge is -2.14. The molecule has 1 aromatic rings. The number of benzene rings is 1. The van der Waals surface area contributed by atoms with E-state index in [-0.39, 0.29) is 0 Å². The van der Waals surface area contributed by atoms with Gasteiger partial charge in [-0.2, -0.15) is 0 Å². The van der Waals surface area contributed by atoms with Crippen LogP contribution in [0.15, 0.2) is 127 Å². The lowest BCUT2D eigenvalue weighted by molar-refractivity contribution is 0.921. The average molecular weight is 407 g/mol. The molecule has 0 spiro atoms. The van der Waals surface area contributed by atoms with E-state index in [2.05, 4.69) is 118 Å². The molecule has 1 atom stereocenters. The molecular weight excluding hydrogens is 372 g/mol. The summed E-state index contributed by atoms with van der Waals surface area (Å²) in [6.07, 6.45) is 32.8. The number of hydrogen-bond donors (Lipinski definition) is 0. The van der Waals surface area contributed by atoms with E-state index < -0.39 is 0 Å². The smallest absolute Gasteiger partial charge is 0.00607 e. The molecule has 0 saturated heterocycles. The molecular formula is C31H34. The van der Waals surface area contributed by atoms with Gasteiger partial charge in [0.2, 0.25) is 0 Å². The Morgan fingerprint density at radius 1 is 1.06 bits per heavy atom. The van der Waals surface area contributed by atoms with Crippen molar-refractivity contribution in [3.8, 4) is 0 Å². The largest absolute Gasteiger partial charge is 0.0988 e. The summed E-state index contributed by atoms with van der Waals surface area (Å²) in [4.78, 5) is 0. The van der Waals surface area contributed by atoms with E-state index in [1.807, 2.05) is 6.08 Å². The minimum Gasteiger partial charge on any atom is -0.0988 e. The number of hydrogen-bond acceptors (Lipinski definition) is 0.